The number of sulfonamides is 1. The van der Waals surface area contributed by atoms with Crippen LogP contribution in [0.3, 0.4) is 0 Å². The van der Waals surface area contributed by atoms with Gasteiger partial charge in [0.25, 0.3) is 0 Å². The van der Waals surface area contributed by atoms with Crippen molar-refractivity contribution in [3.05, 3.63) is 63.7 Å². The summed E-state index contributed by atoms with van der Waals surface area (Å²) in [7, 11) is -2.72. The maximum Gasteiger partial charge on any atom is 0.416 e. The number of hydrogen-bond acceptors (Lipinski definition) is 6. The highest BCUT2D eigenvalue weighted by atomic mass is 32.2. The van der Waals surface area contributed by atoms with Crippen LogP contribution in [0.4, 0.5) is 18.9 Å². The van der Waals surface area contributed by atoms with Crippen LogP contribution < -0.4 is 4.74 Å². The molecule has 0 radical (unpaired) electrons. The van der Waals surface area contributed by atoms with E-state index in [0.29, 0.717) is 18.7 Å². The molecule has 3 rings (SSSR count). The molecule has 0 spiro atoms. The zero-order valence-electron chi connectivity index (χ0n) is 16.5. The first-order chi connectivity index (χ1) is 14.5. The van der Waals surface area contributed by atoms with E-state index in [1.165, 1.54) is 29.6 Å². The van der Waals surface area contributed by atoms with Gasteiger partial charge in [-0.15, -0.1) is 0 Å². The van der Waals surface area contributed by atoms with Crippen LogP contribution in [0.1, 0.15) is 11.1 Å². The molecule has 2 aromatic carbocycles. The van der Waals surface area contributed by atoms with Gasteiger partial charge in [-0.05, 0) is 23.8 Å². The van der Waals surface area contributed by atoms with E-state index >= 15 is 0 Å². The fourth-order valence-corrected chi connectivity index (χ4v) is 4.80. The smallest absolute Gasteiger partial charge is 0.416 e. The maximum atomic E-state index is 12.9. The average molecular weight is 459 g/mol. The lowest BCUT2D eigenvalue weighted by Crippen LogP contribution is -2.48. The van der Waals surface area contributed by atoms with Crippen LogP contribution in [0, 0.1) is 10.1 Å². The van der Waals surface area contributed by atoms with Crippen molar-refractivity contribution in [3.63, 3.8) is 0 Å². The summed E-state index contributed by atoms with van der Waals surface area (Å²) in [6, 6.07) is 8.46. The number of rotatable bonds is 6. The second-order valence-corrected chi connectivity index (χ2v) is 8.91. The van der Waals surface area contributed by atoms with E-state index in [2.05, 4.69) is 0 Å². The van der Waals surface area contributed by atoms with Crippen LogP contribution >= 0.6 is 0 Å². The molecule has 0 saturated carbocycles. The summed E-state index contributed by atoms with van der Waals surface area (Å²) in [4.78, 5) is 12.1. The fourth-order valence-electron chi connectivity index (χ4n) is 3.35. The molecule has 0 amide bonds. The Balaban J connectivity index is 1.69. The van der Waals surface area contributed by atoms with Gasteiger partial charge in [0.05, 0.1) is 22.5 Å². The molecular weight excluding hydrogens is 439 g/mol. The van der Waals surface area contributed by atoms with Gasteiger partial charge in [0.1, 0.15) is 0 Å². The molecule has 2 aromatic rings. The summed E-state index contributed by atoms with van der Waals surface area (Å²) >= 11 is 0. The predicted octanol–water partition coefficient (Wildman–Crippen LogP) is 3.13. The van der Waals surface area contributed by atoms with Crippen molar-refractivity contribution < 1.29 is 31.2 Å². The number of methoxy groups -OCH3 is 1. The molecule has 168 valence electrons. The highest BCUT2D eigenvalue weighted by Crippen LogP contribution is 2.31. The van der Waals surface area contributed by atoms with Gasteiger partial charge in [-0.3, -0.25) is 15.0 Å². The van der Waals surface area contributed by atoms with E-state index in [9.17, 15) is 31.7 Å². The standard InChI is InChI=1S/C19H20F3N3O5S/c1-30-18-6-5-16(12-17(18)25(26)27)31(28,29)24-9-7-23(8-10-24)13-14-3-2-4-15(11-14)19(20,21)22/h2-6,11-12H,7-10,13H2,1H3. The third-order valence-electron chi connectivity index (χ3n) is 4.98. The van der Waals surface area contributed by atoms with Gasteiger partial charge in [0.15, 0.2) is 5.75 Å². The van der Waals surface area contributed by atoms with Gasteiger partial charge in [-0.1, -0.05) is 18.2 Å². The van der Waals surface area contributed by atoms with Crippen LogP contribution in [0.2, 0.25) is 0 Å². The predicted molar refractivity (Wildman–Crippen MR) is 105 cm³/mol. The van der Waals surface area contributed by atoms with Crippen LogP contribution in [-0.4, -0.2) is 55.8 Å². The third kappa shape index (κ3) is 5.14. The Bertz CT molecular complexity index is 1070. The first kappa shape index (κ1) is 23.0. The molecule has 0 unspecified atom stereocenters. The van der Waals surface area contributed by atoms with Crippen molar-refractivity contribution in [2.45, 2.75) is 17.6 Å². The topological polar surface area (TPSA) is 93.0 Å². The Morgan fingerprint density at radius 1 is 1.10 bits per heavy atom. The van der Waals surface area contributed by atoms with Crippen molar-refractivity contribution >= 4 is 15.7 Å². The van der Waals surface area contributed by atoms with Crippen molar-refractivity contribution in [1.82, 2.24) is 9.21 Å². The Kier molecular flexibility index (Phi) is 6.53. The molecule has 0 aliphatic carbocycles. The minimum atomic E-state index is -4.43. The molecule has 1 aliphatic rings. The summed E-state index contributed by atoms with van der Waals surface area (Å²) in [5.41, 5.74) is -0.698. The molecular formula is C19H20F3N3O5S. The van der Waals surface area contributed by atoms with Crippen molar-refractivity contribution in [1.29, 1.82) is 0 Å². The van der Waals surface area contributed by atoms with Gasteiger partial charge >= 0.3 is 11.9 Å². The maximum absolute atomic E-state index is 12.9. The van der Waals surface area contributed by atoms with E-state index in [1.54, 1.807) is 6.07 Å². The lowest BCUT2D eigenvalue weighted by molar-refractivity contribution is -0.386. The Morgan fingerprint density at radius 3 is 2.35 bits per heavy atom. The van der Waals surface area contributed by atoms with Gasteiger partial charge in [-0.25, -0.2) is 8.42 Å². The van der Waals surface area contributed by atoms with Crippen LogP contribution in [-0.2, 0) is 22.7 Å². The molecule has 0 aromatic heterocycles. The zero-order valence-corrected chi connectivity index (χ0v) is 17.3. The Hall–Kier alpha value is -2.70. The molecule has 1 fully saturated rings. The van der Waals surface area contributed by atoms with Crippen LogP contribution in [0.25, 0.3) is 0 Å². The SMILES string of the molecule is COc1ccc(S(=O)(=O)N2CCN(Cc3cccc(C(F)(F)F)c3)CC2)cc1[N+](=O)[O-]. The fraction of sp³-hybridized carbons (Fsp3) is 0.368. The summed E-state index contributed by atoms with van der Waals surface area (Å²) < 4.78 is 70.5. The second kappa shape index (κ2) is 8.81. The molecule has 0 atom stereocenters. The number of nitro benzene ring substituents is 1. The molecule has 1 heterocycles. The number of benzene rings is 2. The first-order valence-electron chi connectivity index (χ1n) is 9.23. The van der Waals surface area contributed by atoms with Crippen molar-refractivity contribution in [3.8, 4) is 5.75 Å². The van der Waals surface area contributed by atoms with E-state index in [4.69, 9.17) is 4.74 Å². The highest BCUT2D eigenvalue weighted by Gasteiger charge is 2.32. The summed E-state index contributed by atoms with van der Waals surface area (Å²) in [5, 5.41) is 11.2. The summed E-state index contributed by atoms with van der Waals surface area (Å²) in [6.07, 6.45) is -4.43. The molecule has 1 saturated heterocycles. The number of halogens is 3. The number of nitrogens with zero attached hydrogens (tertiary/aromatic N) is 3. The number of piperazine rings is 1. The lowest BCUT2D eigenvalue weighted by atomic mass is 10.1. The zero-order chi connectivity index (χ0) is 22.8. The average Bonchev–Trinajstić information content (AvgIpc) is 2.73. The largest absolute Gasteiger partial charge is 0.490 e. The Labute approximate surface area is 177 Å². The van der Waals surface area contributed by atoms with Crippen LogP contribution in [0.5, 0.6) is 5.75 Å². The second-order valence-electron chi connectivity index (χ2n) is 6.97. The highest BCUT2D eigenvalue weighted by molar-refractivity contribution is 7.89. The number of alkyl halides is 3. The van der Waals surface area contributed by atoms with E-state index in [1.807, 2.05) is 4.90 Å². The lowest BCUT2D eigenvalue weighted by Gasteiger charge is -2.34. The molecule has 12 heteroatoms. The molecule has 31 heavy (non-hydrogen) atoms. The van der Waals surface area contributed by atoms with Gasteiger partial charge in [0, 0.05) is 38.8 Å². The molecule has 0 N–H and O–H groups in total. The third-order valence-corrected chi connectivity index (χ3v) is 6.87. The van der Waals surface area contributed by atoms with Crippen LogP contribution in [0.15, 0.2) is 47.4 Å². The van der Waals surface area contributed by atoms with Gasteiger partial charge < -0.3 is 4.74 Å². The number of nitro groups is 1. The van der Waals surface area contributed by atoms with E-state index < -0.39 is 32.4 Å². The van der Waals surface area contributed by atoms with Gasteiger partial charge in [-0.2, -0.15) is 17.5 Å². The van der Waals surface area contributed by atoms with E-state index in [0.717, 1.165) is 18.2 Å². The normalized spacial score (nSPS) is 16.3. The first-order valence-corrected chi connectivity index (χ1v) is 10.7. The monoisotopic (exact) mass is 459 g/mol. The van der Waals surface area contributed by atoms with E-state index in [-0.39, 0.29) is 30.3 Å². The quantitative estimate of drug-likeness (QED) is 0.487. The van der Waals surface area contributed by atoms with Crippen molar-refractivity contribution in [2.24, 2.45) is 0 Å². The van der Waals surface area contributed by atoms with Gasteiger partial charge in [0.2, 0.25) is 10.0 Å². The number of ether oxygens (including phenoxy) is 1. The van der Waals surface area contributed by atoms with Crippen molar-refractivity contribution in [2.75, 3.05) is 33.3 Å². The molecule has 0 bridgehead atoms. The Morgan fingerprint density at radius 2 is 1.77 bits per heavy atom. The minimum Gasteiger partial charge on any atom is -0.490 e. The molecule has 1 aliphatic heterocycles. The summed E-state index contributed by atoms with van der Waals surface area (Å²) in [6.45, 7) is 1.11. The minimum absolute atomic E-state index is 0.0464. The number of hydrogen-bond donors (Lipinski definition) is 0. The summed E-state index contributed by atoms with van der Waals surface area (Å²) in [5.74, 6) is -0.0464. The molecule has 8 nitrogen and oxygen atoms in total.